The summed E-state index contributed by atoms with van der Waals surface area (Å²) in [5.74, 6) is 0. The minimum absolute atomic E-state index is 0.0633. The predicted octanol–water partition coefficient (Wildman–Crippen LogP) is 3.17. The molecule has 1 aliphatic rings. The van der Waals surface area contributed by atoms with Crippen LogP contribution in [-0.2, 0) is 17.1 Å². The van der Waals surface area contributed by atoms with Crippen molar-refractivity contribution in [1.82, 2.24) is 8.87 Å². The van der Waals surface area contributed by atoms with Crippen molar-refractivity contribution in [3.05, 3.63) is 53.3 Å². The number of hydrogen-bond donors (Lipinski definition) is 0. The Labute approximate surface area is 132 Å². The van der Waals surface area contributed by atoms with E-state index in [2.05, 4.69) is 0 Å². The van der Waals surface area contributed by atoms with Crippen LogP contribution >= 0.6 is 0 Å². The molecule has 2 aromatic rings. The van der Waals surface area contributed by atoms with E-state index in [4.69, 9.17) is 0 Å². The Morgan fingerprint density at radius 1 is 1.14 bits per heavy atom. The highest BCUT2D eigenvalue weighted by atomic mass is 32.2. The fourth-order valence-corrected chi connectivity index (χ4v) is 4.91. The molecule has 0 radical (unpaired) electrons. The molecule has 0 bridgehead atoms. The van der Waals surface area contributed by atoms with Crippen LogP contribution in [0, 0.1) is 13.8 Å². The van der Waals surface area contributed by atoms with Gasteiger partial charge in [0.1, 0.15) is 0 Å². The van der Waals surface area contributed by atoms with Gasteiger partial charge < -0.3 is 4.57 Å². The Hall–Kier alpha value is -1.59. The Morgan fingerprint density at radius 3 is 2.55 bits per heavy atom. The van der Waals surface area contributed by atoms with Crippen LogP contribution in [0.1, 0.15) is 35.7 Å². The van der Waals surface area contributed by atoms with Crippen LogP contribution in [0.25, 0.3) is 0 Å². The highest BCUT2D eigenvalue weighted by Gasteiger charge is 2.37. The summed E-state index contributed by atoms with van der Waals surface area (Å²) in [6, 6.07) is 9.30. The van der Waals surface area contributed by atoms with Gasteiger partial charge in [0.25, 0.3) is 0 Å². The fourth-order valence-electron chi connectivity index (χ4n) is 3.15. The highest BCUT2D eigenvalue weighted by Crippen LogP contribution is 2.36. The number of benzene rings is 1. The summed E-state index contributed by atoms with van der Waals surface area (Å²) in [6.45, 7) is 4.53. The van der Waals surface area contributed by atoms with Gasteiger partial charge in [-0.3, -0.25) is 0 Å². The molecule has 0 amide bonds. The topological polar surface area (TPSA) is 42.3 Å². The van der Waals surface area contributed by atoms with E-state index in [-0.39, 0.29) is 6.04 Å². The Kier molecular flexibility index (Phi) is 3.87. The molecule has 1 aromatic heterocycles. The molecule has 1 saturated heterocycles. The van der Waals surface area contributed by atoms with Gasteiger partial charge in [0, 0.05) is 25.5 Å². The predicted molar refractivity (Wildman–Crippen MR) is 87.2 cm³/mol. The second kappa shape index (κ2) is 5.56. The van der Waals surface area contributed by atoms with E-state index in [0.29, 0.717) is 11.4 Å². The van der Waals surface area contributed by atoms with Gasteiger partial charge in [-0.1, -0.05) is 6.07 Å². The highest BCUT2D eigenvalue weighted by molar-refractivity contribution is 7.89. The molecule has 0 spiro atoms. The Balaban J connectivity index is 2.00. The minimum atomic E-state index is -3.45. The molecule has 3 rings (SSSR count). The minimum Gasteiger partial charge on any atom is -0.353 e. The average Bonchev–Trinajstić information content (AvgIpc) is 3.10. The Morgan fingerprint density at radius 2 is 1.91 bits per heavy atom. The normalized spacial score (nSPS) is 19.7. The van der Waals surface area contributed by atoms with Crippen molar-refractivity contribution in [3.8, 4) is 0 Å². The van der Waals surface area contributed by atoms with Gasteiger partial charge in [-0.05, 0) is 62.1 Å². The van der Waals surface area contributed by atoms with Crippen molar-refractivity contribution in [2.75, 3.05) is 6.54 Å². The summed E-state index contributed by atoms with van der Waals surface area (Å²) >= 11 is 0. The summed E-state index contributed by atoms with van der Waals surface area (Å²) in [4.78, 5) is 0.400. The average molecular weight is 318 g/mol. The van der Waals surface area contributed by atoms with Crippen LogP contribution < -0.4 is 0 Å². The van der Waals surface area contributed by atoms with Gasteiger partial charge in [-0.2, -0.15) is 4.31 Å². The SMILES string of the molecule is Cc1ccc(S(=O)(=O)N2CCC[C@@H]2c2cccn2C)cc1C. The van der Waals surface area contributed by atoms with E-state index in [0.717, 1.165) is 29.7 Å². The molecule has 2 heterocycles. The standard InChI is InChI=1S/C17H22N2O2S/c1-13-8-9-15(12-14(13)2)22(20,21)19-11-5-7-17(19)16-6-4-10-18(16)3/h4,6,8-10,12,17H,5,7,11H2,1-3H3/t17-/m1/s1. The lowest BCUT2D eigenvalue weighted by molar-refractivity contribution is 0.384. The van der Waals surface area contributed by atoms with Crippen LogP contribution in [0.15, 0.2) is 41.4 Å². The van der Waals surface area contributed by atoms with E-state index >= 15 is 0 Å². The molecule has 0 aliphatic carbocycles. The third-order valence-corrected chi connectivity index (χ3v) is 6.52. The molecule has 0 unspecified atom stereocenters. The summed E-state index contributed by atoms with van der Waals surface area (Å²) < 4.78 is 29.7. The van der Waals surface area contributed by atoms with Gasteiger partial charge in [0.2, 0.25) is 10.0 Å². The van der Waals surface area contributed by atoms with E-state index in [1.54, 1.807) is 16.4 Å². The van der Waals surface area contributed by atoms with Crippen molar-refractivity contribution in [2.24, 2.45) is 7.05 Å². The summed E-state index contributed by atoms with van der Waals surface area (Å²) in [7, 11) is -1.48. The van der Waals surface area contributed by atoms with E-state index in [9.17, 15) is 8.42 Å². The molecule has 118 valence electrons. The van der Waals surface area contributed by atoms with Crippen molar-refractivity contribution in [2.45, 2.75) is 37.6 Å². The number of aromatic nitrogens is 1. The van der Waals surface area contributed by atoms with Crippen LogP contribution in [0.3, 0.4) is 0 Å². The molecule has 22 heavy (non-hydrogen) atoms. The van der Waals surface area contributed by atoms with Crippen LogP contribution in [-0.4, -0.2) is 23.8 Å². The first-order chi connectivity index (χ1) is 10.4. The molecular formula is C17H22N2O2S. The van der Waals surface area contributed by atoms with Crippen LogP contribution in [0.5, 0.6) is 0 Å². The van der Waals surface area contributed by atoms with E-state index in [1.807, 2.05) is 49.9 Å². The largest absolute Gasteiger partial charge is 0.353 e. The second-order valence-corrected chi connectivity index (χ2v) is 7.95. The maximum absolute atomic E-state index is 13.0. The zero-order valence-corrected chi connectivity index (χ0v) is 14.1. The van der Waals surface area contributed by atoms with Gasteiger partial charge in [0.05, 0.1) is 10.9 Å². The molecule has 1 fully saturated rings. The monoisotopic (exact) mass is 318 g/mol. The number of sulfonamides is 1. The number of hydrogen-bond acceptors (Lipinski definition) is 2. The van der Waals surface area contributed by atoms with Gasteiger partial charge in [0.15, 0.2) is 0 Å². The zero-order valence-electron chi connectivity index (χ0n) is 13.3. The summed E-state index contributed by atoms with van der Waals surface area (Å²) in [5.41, 5.74) is 3.18. The van der Waals surface area contributed by atoms with Crippen LogP contribution in [0.4, 0.5) is 0 Å². The second-order valence-electron chi connectivity index (χ2n) is 6.06. The molecule has 4 nitrogen and oxygen atoms in total. The van der Waals surface area contributed by atoms with Crippen molar-refractivity contribution in [1.29, 1.82) is 0 Å². The fraction of sp³-hybridized carbons (Fsp3) is 0.412. The first kappa shape index (κ1) is 15.3. The van der Waals surface area contributed by atoms with Gasteiger partial charge in [-0.15, -0.1) is 0 Å². The zero-order chi connectivity index (χ0) is 15.9. The molecular weight excluding hydrogens is 296 g/mol. The maximum atomic E-state index is 13.0. The van der Waals surface area contributed by atoms with Gasteiger partial charge in [-0.25, -0.2) is 8.42 Å². The first-order valence-electron chi connectivity index (χ1n) is 7.61. The summed E-state index contributed by atoms with van der Waals surface area (Å²) in [6.07, 6.45) is 3.75. The van der Waals surface area contributed by atoms with E-state index < -0.39 is 10.0 Å². The smallest absolute Gasteiger partial charge is 0.243 e. The molecule has 0 saturated carbocycles. The quantitative estimate of drug-likeness (QED) is 0.872. The van der Waals surface area contributed by atoms with Crippen molar-refractivity contribution < 1.29 is 8.42 Å². The lowest BCUT2D eigenvalue weighted by atomic mass is 10.1. The lowest BCUT2D eigenvalue weighted by Crippen LogP contribution is -2.31. The maximum Gasteiger partial charge on any atom is 0.243 e. The van der Waals surface area contributed by atoms with Crippen LogP contribution in [0.2, 0.25) is 0 Å². The number of aryl methyl sites for hydroxylation is 3. The molecule has 5 heteroatoms. The van der Waals surface area contributed by atoms with E-state index in [1.165, 1.54) is 0 Å². The molecule has 0 N–H and O–H groups in total. The Bertz CT molecular complexity index is 793. The van der Waals surface area contributed by atoms with Crippen molar-refractivity contribution >= 4 is 10.0 Å². The first-order valence-corrected chi connectivity index (χ1v) is 9.05. The third-order valence-electron chi connectivity index (χ3n) is 4.61. The van der Waals surface area contributed by atoms with Crippen molar-refractivity contribution in [3.63, 3.8) is 0 Å². The third kappa shape index (κ3) is 2.48. The molecule has 1 atom stereocenters. The lowest BCUT2D eigenvalue weighted by Gasteiger charge is -2.25. The number of nitrogens with zero attached hydrogens (tertiary/aromatic N) is 2. The van der Waals surface area contributed by atoms with Gasteiger partial charge >= 0.3 is 0 Å². The number of rotatable bonds is 3. The molecule has 1 aromatic carbocycles. The molecule has 1 aliphatic heterocycles. The summed E-state index contributed by atoms with van der Waals surface area (Å²) in [5, 5.41) is 0.